The first-order valence-corrected chi connectivity index (χ1v) is 7.40. The molecule has 116 valence electrons. The molecule has 3 rings (SSSR count). The first-order chi connectivity index (χ1) is 11.0. The Morgan fingerprint density at radius 2 is 1.83 bits per heavy atom. The number of benzene rings is 2. The van der Waals surface area contributed by atoms with Crippen LogP contribution in [0.25, 0.3) is 6.08 Å². The van der Waals surface area contributed by atoms with Crippen molar-refractivity contribution >= 4 is 23.6 Å². The lowest BCUT2D eigenvalue weighted by Gasteiger charge is -2.11. The third-order valence-electron chi connectivity index (χ3n) is 3.60. The van der Waals surface area contributed by atoms with Gasteiger partial charge in [0, 0.05) is 25.3 Å². The molecule has 0 bridgehead atoms. The third-order valence-corrected chi connectivity index (χ3v) is 3.60. The van der Waals surface area contributed by atoms with Crippen LogP contribution in [0.4, 0.5) is 5.69 Å². The molecule has 1 aliphatic heterocycles. The lowest BCUT2D eigenvalue weighted by atomic mass is 10.1. The monoisotopic (exact) mass is 306 g/mol. The molecule has 0 aliphatic carbocycles. The quantitative estimate of drug-likeness (QED) is 0.644. The highest BCUT2D eigenvalue weighted by Gasteiger charge is 2.24. The van der Waals surface area contributed by atoms with Crippen LogP contribution in [-0.2, 0) is 9.53 Å². The summed E-state index contributed by atoms with van der Waals surface area (Å²) in [5, 5.41) is 0. The van der Waals surface area contributed by atoms with Gasteiger partial charge in [0.25, 0.3) is 0 Å². The van der Waals surface area contributed by atoms with Crippen LogP contribution in [0.2, 0.25) is 0 Å². The molecular formula is C19H18N2O2. The first-order valence-electron chi connectivity index (χ1n) is 7.40. The van der Waals surface area contributed by atoms with Gasteiger partial charge in [-0.05, 0) is 42.8 Å². The van der Waals surface area contributed by atoms with Gasteiger partial charge in [-0.3, -0.25) is 0 Å². The molecule has 2 aromatic rings. The molecule has 0 aromatic heterocycles. The number of carbonyl (C=O) groups excluding carboxylic acids is 1. The van der Waals surface area contributed by atoms with Crippen LogP contribution in [0, 0.1) is 6.92 Å². The van der Waals surface area contributed by atoms with Crippen molar-refractivity contribution in [3.63, 3.8) is 0 Å². The summed E-state index contributed by atoms with van der Waals surface area (Å²) in [6.07, 6.45) is 1.74. The van der Waals surface area contributed by atoms with Gasteiger partial charge in [-0.25, -0.2) is 9.79 Å². The number of esters is 1. The number of aryl methyl sites for hydroxylation is 1. The van der Waals surface area contributed by atoms with Gasteiger partial charge in [0.2, 0.25) is 5.90 Å². The van der Waals surface area contributed by atoms with Crippen molar-refractivity contribution < 1.29 is 9.53 Å². The van der Waals surface area contributed by atoms with Crippen molar-refractivity contribution in [2.45, 2.75) is 6.92 Å². The molecule has 0 fully saturated rings. The molecule has 2 aromatic carbocycles. The van der Waals surface area contributed by atoms with Gasteiger partial charge in [-0.1, -0.05) is 29.8 Å². The zero-order chi connectivity index (χ0) is 16.4. The fraction of sp³-hybridized carbons (Fsp3) is 0.158. The second kappa shape index (κ2) is 6.08. The molecule has 1 heterocycles. The zero-order valence-electron chi connectivity index (χ0n) is 13.4. The van der Waals surface area contributed by atoms with Gasteiger partial charge in [-0.2, -0.15) is 0 Å². The number of cyclic esters (lactones) is 1. The highest BCUT2D eigenvalue weighted by Crippen LogP contribution is 2.21. The number of rotatable bonds is 3. The molecule has 23 heavy (non-hydrogen) atoms. The van der Waals surface area contributed by atoms with Crippen LogP contribution in [0.1, 0.15) is 16.7 Å². The number of ether oxygens (including phenoxy) is 1. The molecule has 0 N–H and O–H groups in total. The van der Waals surface area contributed by atoms with Gasteiger partial charge in [0.1, 0.15) is 0 Å². The predicted octanol–water partition coefficient (Wildman–Crippen LogP) is 3.41. The van der Waals surface area contributed by atoms with E-state index in [4.69, 9.17) is 4.74 Å². The number of hydrogen-bond donors (Lipinski definition) is 0. The van der Waals surface area contributed by atoms with Gasteiger partial charge in [0.05, 0.1) is 0 Å². The summed E-state index contributed by atoms with van der Waals surface area (Å²) in [6, 6.07) is 15.6. The van der Waals surface area contributed by atoms with Crippen molar-refractivity contribution in [2.24, 2.45) is 4.99 Å². The van der Waals surface area contributed by atoms with Crippen molar-refractivity contribution in [2.75, 3.05) is 19.0 Å². The van der Waals surface area contributed by atoms with Crippen LogP contribution in [-0.4, -0.2) is 26.0 Å². The van der Waals surface area contributed by atoms with E-state index in [9.17, 15) is 4.79 Å². The number of anilines is 1. The molecule has 0 saturated heterocycles. The summed E-state index contributed by atoms with van der Waals surface area (Å²) < 4.78 is 5.28. The maximum atomic E-state index is 12.0. The second-order valence-electron chi connectivity index (χ2n) is 5.69. The van der Waals surface area contributed by atoms with E-state index < -0.39 is 5.97 Å². The number of carbonyl (C=O) groups is 1. The average Bonchev–Trinajstić information content (AvgIpc) is 2.89. The van der Waals surface area contributed by atoms with Gasteiger partial charge in [0.15, 0.2) is 5.70 Å². The average molecular weight is 306 g/mol. The fourth-order valence-electron chi connectivity index (χ4n) is 2.34. The molecule has 0 spiro atoms. The van der Waals surface area contributed by atoms with E-state index in [-0.39, 0.29) is 0 Å². The van der Waals surface area contributed by atoms with E-state index in [1.165, 1.54) is 0 Å². The molecular weight excluding hydrogens is 288 g/mol. The van der Waals surface area contributed by atoms with Crippen molar-refractivity contribution in [1.82, 2.24) is 0 Å². The van der Waals surface area contributed by atoms with Gasteiger partial charge >= 0.3 is 5.97 Å². The molecule has 0 unspecified atom stereocenters. The van der Waals surface area contributed by atoms with Crippen molar-refractivity contribution in [3.05, 3.63) is 70.9 Å². The maximum Gasteiger partial charge on any atom is 0.363 e. The van der Waals surface area contributed by atoms with E-state index in [1.54, 1.807) is 6.08 Å². The van der Waals surface area contributed by atoms with E-state index in [1.807, 2.05) is 74.4 Å². The Kier molecular flexibility index (Phi) is 3.98. The van der Waals surface area contributed by atoms with Crippen LogP contribution < -0.4 is 4.90 Å². The topological polar surface area (TPSA) is 41.9 Å². The van der Waals surface area contributed by atoms with Crippen LogP contribution in [0.5, 0.6) is 0 Å². The fourth-order valence-corrected chi connectivity index (χ4v) is 2.34. The molecule has 0 radical (unpaired) electrons. The minimum Gasteiger partial charge on any atom is -0.402 e. The first kappa shape index (κ1) is 15.0. The van der Waals surface area contributed by atoms with E-state index in [0.29, 0.717) is 11.6 Å². The molecule has 1 aliphatic rings. The van der Waals surface area contributed by atoms with Crippen molar-refractivity contribution in [1.29, 1.82) is 0 Å². The standard InChI is InChI=1S/C19H18N2O2/c1-13-5-4-6-15(11-13)18-20-17(19(22)23-18)12-14-7-9-16(10-8-14)21(2)3/h4-12H,1-3H3/b17-12+. The Bertz CT molecular complexity index is 802. The molecule has 0 saturated carbocycles. The molecule has 0 atom stereocenters. The van der Waals surface area contributed by atoms with Gasteiger partial charge < -0.3 is 9.64 Å². The Morgan fingerprint density at radius 1 is 1.09 bits per heavy atom. The van der Waals surface area contributed by atoms with Gasteiger partial charge in [-0.15, -0.1) is 0 Å². The van der Waals surface area contributed by atoms with Crippen LogP contribution in [0.15, 0.2) is 59.2 Å². The molecule has 0 amide bonds. The van der Waals surface area contributed by atoms with Crippen molar-refractivity contribution in [3.8, 4) is 0 Å². The van der Waals surface area contributed by atoms with E-state index >= 15 is 0 Å². The van der Waals surface area contributed by atoms with E-state index in [0.717, 1.165) is 22.4 Å². The Hall–Kier alpha value is -2.88. The number of aliphatic imine (C=N–C) groups is 1. The minimum atomic E-state index is -0.418. The summed E-state index contributed by atoms with van der Waals surface area (Å²) in [5.74, 6) is -0.0620. The Labute approximate surface area is 135 Å². The van der Waals surface area contributed by atoms with Crippen LogP contribution in [0.3, 0.4) is 0 Å². The Morgan fingerprint density at radius 3 is 2.48 bits per heavy atom. The third kappa shape index (κ3) is 3.31. The highest BCUT2D eigenvalue weighted by molar-refractivity contribution is 6.12. The highest BCUT2D eigenvalue weighted by atomic mass is 16.6. The largest absolute Gasteiger partial charge is 0.402 e. The lowest BCUT2D eigenvalue weighted by molar-refractivity contribution is -0.129. The second-order valence-corrected chi connectivity index (χ2v) is 5.69. The molecule has 4 nitrogen and oxygen atoms in total. The summed E-state index contributed by atoms with van der Waals surface area (Å²) in [7, 11) is 3.97. The smallest absolute Gasteiger partial charge is 0.363 e. The van der Waals surface area contributed by atoms with E-state index in [2.05, 4.69) is 4.99 Å². The summed E-state index contributed by atoms with van der Waals surface area (Å²) >= 11 is 0. The SMILES string of the molecule is Cc1cccc(C2=N/C(=C/c3ccc(N(C)C)cc3)C(=O)O2)c1. The lowest BCUT2D eigenvalue weighted by Crippen LogP contribution is -2.08. The summed E-state index contributed by atoms with van der Waals surface area (Å²) in [5.41, 5.74) is 4.24. The Balaban J connectivity index is 1.88. The number of hydrogen-bond acceptors (Lipinski definition) is 4. The minimum absolute atomic E-state index is 0.319. The normalized spacial score (nSPS) is 15.5. The predicted molar refractivity (Wildman–Crippen MR) is 92.6 cm³/mol. The summed E-state index contributed by atoms with van der Waals surface area (Å²) in [6.45, 7) is 1.99. The number of nitrogens with zero attached hydrogens (tertiary/aromatic N) is 2. The van der Waals surface area contributed by atoms with Crippen LogP contribution >= 0.6 is 0 Å². The maximum absolute atomic E-state index is 12.0. The summed E-state index contributed by atoms with van der Waals surface area (Å²) in [4.78, 5) is 18.4. The zero-order valence-corrected chi connectivity index (χ0v) is 13.4. The molecule has 4 heteroatoms.